The second-order valence-electron chi connectivity index (χ2n) is 7.95. The zero-order valence-corrected chi connectivity index (χ0v) is 17.2. The fourth-order valence-electron chi connectivity index (χ4n) is 3.62. The highest BCUT2D eigenvalue weighted by atomic mass is 16.5. The van der Waals surface area contributed by atoms with E-state index in [9.17, 15) is 4.79 Å². The van der Waals surface area contributed by atoms with Gasteiger partial charge in [0.25, 0.3) is 5.91 Å². The van der Waals surface area contributed by atoms with Gasteiger partial charge in [-0.15, -0.1) is 0 Å². The van der Waals surface area contributed by atoms with Gasteiger partial charge in [-0.25, -0.2) is 0 Å². The van der Waals surface area contributed by atoms with Crippen LogP contribution in [0.25, 0.3) is 11.3 Å². The molecule has 1 aliphatic rings. The maximum Gasteiger partial charge on any atom is 0.294 e. The molecule has 0 saturated carbocycles. The summed E-state index contributed by atoms with van der Waals surface area (Å²) < 4.78 is 7.00. The molecule has 1 fully saturated rings. The average Bonchev–Trinajstić information content (AvgIpc) is 3.33. The first-order valence-electron chi connectivity index (χ1n) is 10.1. The molecular formula is C22H27N5O2. The lowest BCUT2D eigenvalue weighted by Crippen LogP contribution is -2.32. The summed E-state index contributed by atoms with van der Waals surface area (Å²) in [7, 11) is 1.86. The van der Waals surface area contributed by atoms with E-state index >= 15 is 0 Å². The van der Waals surface area contributed by atoms with Gasteiger partial charge < -0.3 is 9.84 Å². The molecule has 4 rings (SSSR count). The minimum Gasteiger partial charge on any atom is -0.350 e. The molecule has 1 amide bonds. The van der Waals surface area contributed by atoms with E-state index in [1.54, 1.807) is 16.9 Å². The van der Waals surface area contributed by atoms with Crippen LogP contribution in [-0.4, -0.2) is 38.8 Å². The third-order valence-corrected chi connectivity index (χ3v) is 5.74. The van der Waals surface area contributed by atoms with Crippen molar-refractivity contribution in [3.05, 3.63) is 53.5 Å². The number of carbonyl (C=O) groups excluding carboxylic acids is 1. The lowest BCUT2D eigenvalue weighted by Gasteiger charge is -2.30. The number of likely N-dealkylation sites (tertiary alicyclic amines) is 1. The number of hydrogen-bond donors (Lipinski definition) is 1. The molecule has 3 heterocycles. The summed E-state index contributed by atoms with van der Waals surface area (Å²) in [5, 5.41) is 11.1. The summed E-state index contributed by atoms with van der Waals surface area (Å²) in [6.45, 7) is 7.54. The summed E-state index contributed by atoms with van der Waals surface area (Å²) in [5.74, 6) is 0.695. The molecule has 0 unspecified atom stereocenters. The first-order chi connectivity index (χ1) is 14.0. The lowest BCUT2D eigenvalue weighted by molar-refractivity contribution is 0.0988. The number of carbonyl (C=O) groups is 1. The highest BCUT2D eigenvalue weighted by Gasteiger charge is 2.18. The molecular weight excluding hydrogens is 366 g/mol. The molecule has 0 spiro atoms. The molecule has 1 N–H and O–H groups in total. The molecule has 7 heteroatoms. The molecule has 0 bridgehead atoms. The number of benzene rings is 1. The molecule has 1 aliphatic heterocycles. The summed E-state index contributed by atoms with van der Waals surface area (Å²) >= 11 is 0. The van der Waals surface area contributed by atoms with Crippen LogP contribution < -0.4 is 5.32 Å². The fourth-order valence-corrected chi connectivity index (χ4v) is 3.62. The minimum absolute atomic E-state index is 0.176. The van der Waals surface area contributed by atoms with Gasteiger partial charge in [0.05, 0.1) is 6.20 Å². The van der Waals surface area contributed by atoms with Crippen molar-refractivity contribution < 1.29 is 9.32 Å². The number of aryl methyl sites for hydroxylation is 1. The van der Waals surface area contributed by atoms with E-state index in [0.717, 1.165) is 42.5 Å². The van der Waals surface area contributed by atoms with E-state index in [2.05, 4.69) is 39.5 Å². The summed E-state index contributed by atoms with van der Waals surface area (Å²) in [5.41, 5.74) is 4.41. The number of piperidine rings is 1. The molecule has 29 heavy (non-hydrogen) atoms. The SMILES string of the molecule is Cc1c(-c2cc(C(=O)Nc3ccc(CN4CCC(C)CC4)cc3)on2)cnn1C. The Kier molecular flexibility index (Phi) is 5.49. The van der Waals surface area contributed by atoms with E-state index < -0.39 is 0 Å². The number of hydrogen-bond acceptors (Lipinski definition) is 5. The third kappa shape index (κ3) is 4.40. The van der Waals surface area contributed by atoms with Gasteiger partial charge in [-0.05, 0) is 56.5 Å². The van der Waals surface area contributed by atoms with Crippen LogP contribution in [0.5, 0.6) is 0 Å². The number of nitrogens with one attached hydrogen (secondary N) is 1. The van der Waals surface area contributed by atoms with E-state index in [4.69, 9.17) is 4.52 Å². The highest BCUT2D eigenvalue weighted by molar-refractivity contribution is 6.02. The Morgan fingerprint density at radius 2 is 1.97 bits per heavy atom. The number of amides is 1. The van der Waals surface area contributed by atoms with Gasteiger partial charge in [0, 0.05) is 36.6 Å². The lowest BCUT2D eigenvalue weighted by atomic mass is 9.99. The van der Waals surface area contributed by atoms with E-state index in [1.807, 2.05) is 26.1 Å². The first-order valence-corrected chi connectivity index (χ1v) is 10.1. The van der Waals surface area contributed by atoms with Crippen molar-refractivity contribution >= 4 is 11.6 Å². The van der Waals surface area contributed by atoms with Crippen molar-refractivity contribution in [2.45, 2.75) is 33.2 Å². The quantitative estimate of drug-likeness (QED) is 0.712. The van der Waals surface area contributed by atoms with Crippen LogP contribution in [0.3, 0.4) is 0 Å². The first kappa shape index (κ1) is 19.4. The summed E-state index contributed by atoms with van der Waals surface area (Å²) in [4.78, 5) is 15.0. The Labute approximate surface area is 170 Å². The van der Waals surface area contributed by atoms with E-state index in [-0.39, 0.29) is 11.7 Å². The Morgan fingerprint density at radius 1 is 1.24 bits per heavy atom. The monoisotopic (exact) mass is 393 g/mol. The Bertz CT molecular complexity index is 981. The molecule has 3 aromatic rings. The van der Waals surface area contributed by atoms with Crippen LogP contribution in [0, 0.1) is 12.8 Å². The second-order valence-corrected chi connectivity index (χ2v) is 7.95. The average molecular weight is 393 g/mol. The molecule has 2 aromatic heterocycles. The predicted octanol–water partition coefficient (Wildman–Crippen LogP) is 3.87. The van der Waals surface area contributed by atoms with Crippen LogP contribution in [0.15, 0.2) is 41.1 Å². The van der Waals surface area contributed by atoms with E-state index in [1.165, 1.54) is 18.4 Å². The van der Waals surface area contributed by atoms with Crippen molar-refractivity contribution in [2.75, 3.05) is 18.4 Å². The predicted molar refractivity (Wildman–Crippen MR) is 112 cm³/mol. The number of anilines is 1. The van der Waals surface area contributed by atoms with Gasteiger partial charge in [0.2, 0.25) is 5.76 Å². The summed E-state index contributed by atoms with van der Waals surface area (Å²) in [6, 6.07) is 9.65. The van der Waals surface area contributed by atoms with Gasteiger partial charge in [-0.1, -0.05) is 24.2 Å². The smallest absolute Gasteiger partial charge is 0.294 e. The molecule has 7 nitrogen and oxygen atoms in total. The van der Waals surface area contributed by atoms with Gasteiger partial charge in [-0.3, -0.25) is 14.4 Å². The van der Waals surface area contributed by atoms with E-state index in [0.29, 0.717) is 5.69 Å². The largest absolute Gasteiger partial charge is 0.350 e. The van der Waals surface area contributed by atoms with Crippen LogP contribution in [-0.2, 0) is 13.6 Å². The summed E-state index contributed by atoms with van der Waals surface area (Å²) in [6.07, 6.45) is 4.26. The van der Waals surface area contributed by atoms with Gasteiger partial charge >= 0.3 is 0 Å². The van der Waals surface area contributed by atoms with Crippen molar-refractivity contribution in [1.82, 2.24) is 19.8 Å². The topological polar surface area (TPSA) is 76.2 Å². The van der Waals surface area contributed by atoms with Crippen LogP contribution >= 0.6 is 0 Å². The van der Waals surface area contributed by atoms with Crippen LogP contribution in [0.1, 0.15) is 41.6 Å². The van der Waals surface area contributed by atoms with Crippen molar-refractivity contribution in [3.63, 3.8) is 0 Å². The van der Waals surface area contributed by atoms with Crippen molar-refractivity contribution in [3.8, 4) is 11.3 Å². The van der Waals surface area contributed by atoms with Gasteiger partial charge in [0.1, 0.15) is 5.69 Å². The number of nitrogens with zero attached hydrogens (tertiary/aromatic N) is 4. The van der Waals surface area contributed by atoms with Crippen LogP contribution in [0.2, 0.25) is 0 Å². The van der Waals surface area contributed by atoms with Gasteiger partial charge in [-0.2, -0.15) is 5.10 Å². The standard InChI is InChI=1S/C22H27N5O2/c1-15-8-10-27(11-9-15)14-17-4-6-18(7-5-17)24-22(28)21-12-20(25-29-21)19-13-23-26(3)16(19)2/h4-7,12-13,15H,8-11,14H2,1-3H3,(H,24,28). The maximum atomic E-state index is 12.5. The van der Waals surface area contributed by atoms with Crippen molar-refractivity contribution in [1.29, 1.82) is 0 Å². The number of aromatic nitrogens is 3. The third-order valence-electron chi connectivity index (χ3n) is 5.74. The number of rotatable bonds is 5. The second kappa shape index (κ2) is 8.21. The minimum atomic E-state index is -0.317. The highest BCUT2D eigenvalue weighted by Crippen LogP contribution is 2.23. The van der Waals surface area contributed by atoms with Gasteiger partial charge in [0.15, 0.2) is 0 Å². The molecule has 0 aliphatic carbocycles. The Morgan fingerprint density at radius 3 is 2.62 bits per heavy atom. The molecule has 1 saturated heterocycles. The molecule has 152 valence electrons. The molecule has 0 atom stereocenters. The zero-order valence-electron chi connectivity index (χ0n) is 17.2. The maximum absolute atomic E-state index is 12.5. The Balaban J connectivity index is 1.37. The molecule has 1 aromatic carbocycles. The normalized spacial score (nSPS) is 15.6. The van der Waals surface area contributed by atoms with Crippen molar-refractivity contribution in [2.24, 2.45) is 13.0 Å². The van der Waals surface area contributed by atoms with Crippen LogP contribution in [0.4, 0.5) is 5.69 Å². The fraction of sp³-hybridized carbons (Fsp3) is 0.409. The molecule has 0 radical (unpaired) electrons. The Hall–Kier alpha value is -2.93. The zero-order chi connectivity index (χ0) is 20.4.